The number of rotatable bonds is 4. The first-order valence-electron chi connectivity index (χ1n) is 6.29. The van der Waals surface area contributed by atoms with Gasteiger partial charge in [-0.2, -0.15) is 0 Å². The molecule has 0 saturated heterocycles. The van der Waals surface area contributed by atoms with E-state index in [0.717, 1.165) is 12.8 Å². The fourth-order valence-electron chi connectivity index (χ4n) is 2.61. The van der Waals surface area contributed by atoms with Crippen LogP contribution < -0.4 is 0 Å². The number of aryl methyl sites for hydroxylation is 1. The standard InChI is InChI=1S/C14H18ClFO/c15-12-7-5-10(13(16)9-12)6-8-14(17)11-3-1-2-4-11/h5,7,9,11,14,17H,1-4,6,8H2. The van der Waals surface area contributed by atoms with Crippen molar-refractivity contribution in [2.45, 2.75) is 44.6 Å². The molecule has 1 aromatic rings. The van der Waals surface area contributed by atoms with Crippen molar-refractivity contribution in [2.24, 2.45) is 5.92 Å². The topological polar surface area (TPSA) is 20.2 Å². The smallest absolute Gasteiger partial charge is 0.127 e. The summed E-state index contributed by atoms with van der Waals surface area (Å²) in [6.07, 6.45) is 5.61. The number of halogens is 2. The Hall–Kier alpha value is -0.600. The quantitative estimate of drug-likeness (QED) is 0.865. The van der Waals surface area contributed by atoms with Crippen molar-refractivity contribution < 1.29 is 9.50 Å². The van der Waals surface area contributed by atoms with Gasteiger partial charge in [-0.05, 0) is 49.3 Å². The maximum Gasteiger partial charge on any atom is 0.127 e. The summed E-state index contributed by atoms with van der Waals surface area (Å²) < 4.78 is 13.5. The number of hydrogen-bond acceptors (Lipinski definition) is 1. The van der Waals surface area contributed by atoms with Crippen molar-refractivity contribution in [3.63, 3.8) is 0 Å². The van der Waals surface area contributed by atoms with Gasteiger partial charge in [0.05, 0.1) is 6.10 Å². The zero-order valence-electron chi connectivity index (χ0n) is 9.83. The number of aliphatic hydroxyl groups is 1. The third-order valence-electron chi connectivity index (χ3n) is 3.67. The predicted molar refractivity (Wildman–Crippen MR) is 67.7 cm³/mol. The van der Waals surface area contributed by atoms with Crippen LogP contribution in [-0.2, 0) is 6.42 Å². The SMILES string of the molecule is OC(CCc1ccc(Cl)cc1F)C1CCCC1. The average molecular weight is 257 g/mol. The summed E-state index contributed by atoms with van der Waals surface area (Å²) in [5, 5.41) is 10.4. The monoisotopic (exact) mass is 256 g/mol. The Labute approximate surface area is 107 Å². The van der Waals surface area contributed by atoms with Crippen molar-refractivity contribution in [2.75, 3.05) is 0 Å². The molecule has 1 aliphatic rings. The van der Waals surface area contributed by atoms with Crippen LogP contribution in [0.15, 0.2) is 18.2 Å². The molecule has 0 radical (unpaired) electrons. The van der Waals surface area contributed by atoms with E-state index in [-0.39, 0.29) is 11.9 Å². The normalized spacial score (nSPS) is 18.5. The van der Waals surface area contributed by atoms with E-state index in [0.29, 0.717) is 29.3 Å². The highest BCUT2D eigenvalue weighted by Gasteiger charge is 2.22. The molecule has 1 N–H and O–H groups in total. The molecule has 1 fully saturated rings. The second kappa shape index (κ2) is 5.83. The second-order valence-electron chi connectivity index (χ2n) is 4.89. The van der Waals surface area contributed by atoms with E-state index >= 15 is 0 Å². The predicted octanol–water partition coefficient (Wildman–Crippen LogP) is 3.96. The Morgan fingerprint density at radius 1 is 1.35 bits per heavy atom. The van der Waals surface area contributed by atoms with E-state index < -0.39 is 0 Å². The van der Waals surface area contributed by atoms with E-state index in [1.54, 1.807) is 12.1 Å². The Morgan fingerprint density at radius 2 is 2.06 bits per heavy atom. The fraction of sp³-hybridized carbons (Fsp3) is 0.571. The van der Waals surface area contributed by atoms with Gasteiger partial charge in [0.15, 0.2) is 0 Å². The molecule has 1 saturated carbocycles. The van der Waals surface area contributed by atoms with Crippen LogP contribution in [0.25, 0.3) is 0 Å². The van der Waals surface area contributed by atoms with Gasteiger partial charge in [0.25, 0.3) is 0 Å². The first-order chi connectivity index (χ1) is 8.16. The van der Waals surface area contributed by atoms with E-state index in [2.05, 4.69) is 0 Å². The molecule has 1 nitrogen and oxygen atoms in total. The molecular formula is C14H18ClFO. The van der Waals surface area contributed by atoms with Crippen molar-refractivity contribution >= 4 is 11.6 Å². The molecule has 0 spiro atoms. The molecule has 1 unspecified atom stereocenters. The van der Waals surface area contributed by atoms with Gasteiger partial charge < -0.3 is 5.11 Å². The lowest BCUT2D eigenvalue weighted by Crippen LogP contribution is -2.18. The Bertz CT molecular complexity index is 374. The van der Waals surface area contributed by atoms with Crippen molar-refractivity contribution in [3.8, 4) is 0 Å². The first-order valence-corrected chi connectivity index (χ1v) is 6.66. The lowest BCUT2D eigenvalue weighted by Gasteiger charge is -2.17. The summed E-state index contributed by atoms with van der Waals surface area (Å²) in [4.78, 5) is 0. The maximum absolute atomic E-state index is 13.5. The summed E-state index contributed by atoms with van der Waals surface area (Å²) >= 11 is 5.69. The number of hydrogen-bond donors (Lipinski definition) is 1. The molecule has 1 atom stereocenters. The summed E-state index contributed by atoms with van der Waals surface area (Å²) in [6.45, 7) is 0. The minimum Gasteiger partial charge on any atom is -0.393 e. The molecule has 1 aliphatic carbocycles. The molecular weight excluding hydrogens is 239 g/mol. The zero-order chi connectivity index (χ0) is 12.3. The summed E-state index contributed by atoms with van der Waals surface area (Å²) in [6, 6.07) is 4.74. The van der Waals surface area contributed by atoms with Gasteiger partial charge >= 0.3 is 0 Å². The Balaban J connectivity index is 1.88. The first kappa shape index (κ1) is 12.8. The van der Waals surface area contributed by atoms with Crippen LogP contribution in [-0.4, -0.2) is 11.2 Å². The summed E-state index contributed by atoms with van der Waals surface area (Å²) in [5.74, 6) is 0.154. The van der Waals surface area contributed by atoms with Gasteiger partial charge in [0, 0.05) is 5.02 Å². The van der Waals surface area contributed by atoms with Crippen molar-refractivity contribution in [1.82, 2.24) is 0 Å². The van der Waals surface area contributed by atoms with Gasteiger partial charge in [-0.15, -0.1) is 0 Å². The van der Waals surface area contributed by atoms with Gasteiger partial charge in [-0.25, -0.2) is 4.39 Å². The second-order valence-corrected chi connectivity index (χ2v) is 5.32. The molecule has 0 heterocycles. The van der Waals surface area contributed by atoms with Crippen molar-refractivity contribution in [1.29, 1.82) is 0 Å². The fourth-order valence-corrected chi connectivity index (χ4v) is 2.76. The molecule has 0 aliphatic heterocycles. The van der Waals surface area contributed by atoms with Crippen LogP contribution >= 0.6 is 11.6 Å². The number of benzene rings is 1. The van der Waals surface area contributed by atoms with Crippen LogP contribution in [0.3, 0.4) is 0 Å². The van der Waals surface area contributed by atoms with Gasteiger partial charge in [0.1, 0.15) is 5.82 Å². The molecule has 0 aromatic heterocycles. The minimum absolute atomic E-state index is 0.267. The van der Waals surface area contributed by atoms with Crippen LogP contribution in [0.4, 0.5) is 4.39 Å². The van der Waals surface area contributed by atoms with Crippen LogP contribution in [0.1, 0.15) is 37.7 Å². The lowest BCUT2D eigenvalue weighted by molar-refractivity contribution is 0.102. The van der Waals surface area contributed by atoms with E-state index in [1.165, 1.54) is 18.9 Å². The minimum atomic E-state index is -0.285. The third-order valence-corrected chi connectivity index (χ3v) is 3.90. The van der Waals surface area contributed by atoms with E-state index in [9.17, 15) is 9.50 Å². The largest absolute Gasteiger partial charge is 0.393 e. The molecule has 94 valence electrons. The molecule has 17 heavy (non-hydrogen) atoms. The highest BCUT2D eigenvalue weighted by atomic mass is 35.5. The number of aliphatic hydroxyl groups excluding tert-OH is 1. The molecule has 1 aromatic carbocycles. The summed E-state index contributed by atoms with van der Waals surface area (Å²) in [5.41, 5.74) is 0.645. The molecule has 2 rings (SSSR count). The molecule has 3 heteroatoms. The Morgan fingerprint density at radius 3 is 2.71 bits per heavy atom. The zero-order valence-corrected chi connectivity index (χ0v) is 10.6. The van der Waals surface area contributed by atoms with E-state index in [4.69, 9.17) is 11.6 Å². The maximum atomic E-state index is 13.5. The third kappa shape index (κ3) is 3.43. The van der Waals surface area contributed by atoms with Crippen molar-refractivity contribution in [3.05, 3.63) is 34.6 Å². The van der Waals surface area contributed by atoms with E-state index in [1.807, 2.05) is 0 Å². The summed E-state index contributed by atoms with van der Waals surface area (Å²) in [7, 11) is 0. The van der Waals surface area contributed by atoms with Gasteiger partial charge in [-0.3, -0.25) is 0 Å². The molecule has 0 amide bonds. The van der Waals surface area contributed by atoms with Crippen LogP contribution in [0.2, 0.25) is 5.02 Å². The van der Waals surface area contributed by atoms with Crippen LogP contribution in [0, 0.1) is 11.7 Å². The van der Waals surface area contributed by atoms with Gasteiger partial charge in [0.2, 0.25) is 0 Å². The Kier molecular flexibility index (Phi) is 4.41. The highest BCUT2D eigenvalue weighted by Crippen LogP contribution is 2.29. The molecule has 0 bridgehead atoms. The average Bonchev–Trinajstić information content (AvgIpc) is 2.81. The van der Waals surface area contributed by atoms with Gasteiger partial charge in [-0.1, -0.05) is 30.5 Å². The van der Waals surface area contributed by atoms with Crippen LogP contribution in [0.5, 0.6) is 0 Å². The highest BCUT2D eigenvalue weighted by molar-refractivity contribution is 6.30. The lowest BCUT2D eigenvalue weighted by atomic mass is 9.95.